The molecule has 2 aromatic carbocycles. The topological polar surface area (TPSA) is 93.7 Å². The van der Waals surface area contributed by atoms with Crippen LogP contribution in [-0.4, -0.2) is 31.0 Å². The number of hydrogen-bond donors (Lipinski definition) is 2. The maximum Gasteiger partial charge on any atom is 0.340 e. The zero-order chi connectivity index (χ0) is 21.3. The third-order valence-electron chi connectivity index (χ3n) is 3.94. The number of amides is 2. The van der Waals surface area contributed by atoms with Crippen LogP contribution in [0.1, 0.15) is 27.0 Å². The number of hydrogen-bond acceptors (Lipinski definition) is 6. The van der Waals surface area contributed by atoms with Crippen molar-refractivity contribution in [2.24, 2.45) is 0 Å². The molecule has 7 nitrogen and oxygen atoms in total. The summed E-state index contributed by atoms with van der Waals surface area (Å²) < 4.78 is 10.6. The highest BCUT2D eigenvalue weighted by Gasteiger charge is 2.17. The largest absolute Gasteiger partial charge is 0.492 e. The summed E-state index contributed by atoms with van der Waals surface area (Å²) in [5, 5.41) is 7.14. The Bertz CT molecular complexity index is 1030. The Labute approximate surface area is 177 Å². The molecule has 8 heteroatoms. The van der Waals surface area contributed by atoms with Gasteiger partial charge < -0.3 is 20.1 Å². The average molecular weight is 424 g/mol. The summed E-state index contributed by atoms with van der Waals surface area (Å²) in [6.45, 7) is 1.82. The van der Waals surface area contributed by atoms with Crippen LogP contribution in [0, 0.1) is 0 Å². The van der Waals surface area contributed by atoms with Crippen molar-refractivity contribution in [3.05, 3.63) is 76.5 Å². The van der Waals surface area contributed by atoms with E-state index in [4.69, 9.17) is 9.47 Å². The Morgan fingerprint density at radius 2 is 1.63 bits per heavy atom. The third-order valence-corrected chi connectivity index (χ3v) is 4.80. The molecule has 0 unspecified atom stereocenters. The van der Waals surface area contributed by atoms with Gasteiger partial charge in [0.25, 0.3) is 11.8 Å². The highest BCUT2D eigenvalue weighted by atomic mass is 32.1. The molecule has 0 atom stereocenters. The van der Waals surface area contributed by atoms with Gasteiger partial charge in [-0.3, -0.25) is 9.59 Å². The van der Waals surface area contributed by atoms with Crippen LogP contribution in [0.2, 0.25) is 0 Å². The SMILES string of the molecule is CCOc1ccccc1NC(=O)COC(=O)c1ccccc1NC(=O)c1cccs1. The summed E-state index contributed by atoms with van der Waals surface area (Å²) in [7, 11) is 0. The molecule has 3 rings (SSSR count). The van der Waals surface area contributed by atoms with Crippen molar-refractivity contribution in [2.75, 3.05) is 23.8 Å². The molecule has 0 saturated carbocycles. The van der Waals surface area contributed by atoms with Gasteiger partial charge in [0.15, 0.2) is 6.61 Å². The molecule has 0 bridgehead atoms. The molecule has 0 spiro atoms. The minimum atomic E-state index is -0.717. The van der Waals surface area contributed by atoms with Gasteiger partial charge in [-0.2, -0.15) is 0 Å². The van der Waals surface area contributed by atoms with E-state index in [-0.39, 0.29) is 11.5 Å². The molecule has 3 aromatic rings. The Hall–Kier alpha value is -3.65. The van der Waals surface area contributed by atoms with Gasteiger partial charge in [0.1, 0.15) is 5.75 Å². The predicted molar refractivity (Wildman–Crippen MR) is 115 cm³/mol. The van der Waals surface area contributed by atoms with Crippen LogP contribution in [0.15, 0.2) is 66.0 Å². The summed E-state index contributed by atoms with van der Waals surface area (Å²) in [5.41, 5.74) is 0.955. The number of esters is 1. The monoisotopic (exact) mass is 424 g/mol. The Morgan fingerprint density at radius 3 is 2.37 bits per heavy atom. The quantitative estimate of drug-likeness (QED) is 0.529. The second-order valence-corrected chi connectivity index (χ2v) is 6.98. The first kappa shape index (κ1) is 21.1. The fraction of sp³-hybridized carbons (Fsp3) is 0.136. The maximum atomic E-state index is 12.5. The number of benzene rings is 2. The van der Waals surface area contributed by atoms with Gasteiger partial charge in [-0.05, 0) is 42.6 Å². The zero-order valence-electron chi connectivity index (χ0n) is 16.2. The number of carbonyl (C=O) groups is 3. The van der Waals surface area contributed by atoms with E-state index in [9.17, 15) is 14.4 Å². The van der Waals surface area contributed by atoms with Gasteiger partial charge in [0.05, 0.1) is 28.4 Å². The number of rotatable bonds is 8. The Kier molecular flexibility index (Phi) is 7.18. The van der Waals surface area contributed by atoms with Crippen LogP contribution in [0.5, 0.6) is 5.75 Å². The lowest BCUT2D eigenvalue weighted by molar-refractivity contribution is -0.119. The molecule has 1 heterocycles. The lowest BCUT2D eigenvalue weighted by Crippen LogP contribution is -2.22. The van der Waals surface area contributed by atoms with E-state index in [2.05, 4.69) is 10.6 Å². The fourth-order valence-electron chi connectivity index (χ4n) is 2.61. The van der Waals surface area contributed by atoms with Gasteiger partial charge in [0.2, 0.25) is 0 Å². The van der Waals surface area contributed by atoms with Crippen molar-refractivity contribution < 1.29 is 23.9 Å². The first-order chi connectivity index (χ1) is 14.6. The molecule has 0 aliphatic heterocycles. The van der Waals surface area contributed by atoms with Crippen molar-refractivity contribution in [1.82, 2.24) is 0 Å². The predicted octanol–water partition coefficient (Wildman–Crippen LogP) is 4.19. The number of para-hydroxylation sites is 3. The van der Waals surface area contributed by atoms with Crippen molar-refractivity contribution in [1.29, 1.82) is 0 Å². The van der Waals surface area contributed by atoms with Gasteiger partial charge in [-0.15, -0.1) is 11.3 Å². The molecule has 154 valence electrons. The molecule has 2 N–H and O–H groups in total. The van der Waals surface area contributed by atoms with E-state index in [1.807, 2.05) is 6.92 Å². The van der Waals surface area contributed by atoms with Crippen LogP contribution in [0.4, 0.5) is 11.4 Å². The van der Waals surface area contributed by atoms with E-state index >= 15 is 0 Å². The van der Waals surface area contributed by atoms with Crippen LogP contribution in [0.3, 0.4) is 0 Å². The van der Waals surface area contributed by atoms with Crippen molar-refractivity contribution in [3.8, 4) is 5.75 Å². The zero-order valence-corrected chi connectivity index (χ0v) is 17.0. The molecular weight excluding hydrogens is 404 g/mol. The molecule has 1 aromatic heterocycles. The van der Waals surface area contributed by atoms with Crippen LogP contribution < -0.4 is 15.4 Å². The average Bonchev–Trinajstić information content (AvgIpc) is 3.29. The third kappa shape index (κ3) is 5.45. The summed E-state index contributed by atoms with van der Waals surface area (Å²) >= 11 is 1.29. The molecule has 0 radical (unpaired) electrons. The van der Waals surface area contributed by atoms with E-state index in [0.29, 0.717) is 28.6 Å². The minimum Gasteiger partial charge on any atom is -0.492 e. The van der Waals surface area contributed by atoms with E-state index in [1.54, 1.807) is 60.0 Å². The first-order valence-corrected chi connectivity index (χ1v) is 10.1. The summed E-state index contributed by atoms with van der Waals surface area (Å²) in [6.07, 6.45) is 0. The van der Waals surface area contributed by atoms with Crippen molar-refractivity contribution in [3.63, 3.8) is 0 Å². The molecule has 0 saturated heterocycles. The van der Waals surface area contributed by atoms with Gasteiger partial charge >= 0.3 is 5.97 Å². The second-order valence-electron chi connectivity index (χ2n) is 6.03. The van der Waals surface area contributed by atoms with E-state index in [0.717, 1.165) is 0 Å². The normalized spacial score (nSPS) is 10.2. The molecule has 30 heavy (non-hydrogen) atoms. The molecule has 0 aliphatic carbocycles. The van der Waals surface area contributed by atoms with E-state index in [1.165, 1.54) is 17.4 Å². The van der Waals surface area contributed by atoms with Crippen LogP contribution >= 0.6 is 11.3 Å². The van der Waals surface area contributed by atoms with Crippen molar-refractivity contribution >= 4 is 40.5 Å². The van der Waals surface area contributed by atoms with E-state index < -0.39 is 18.5 Å². The first-order valence-electron chi connectivity index (χ1n) is 9.21. The number of nitrogens with one attached hydrogen (secondary N) is 2. The molecule has 0 aliphatic rings. The molecule has 0 fully saturated rings. The Morgan fingerprint density at radius 1 is 0.900 bits per heavy atom. The fourth-order valence-corrected chi connectivity index (χ4v) is 3.23. The number of anilines is 2. The Balaban J connectivity index is 1.61. The highest BCUT2D eigenvalue weighted by Crippen LogP contribution is 2.23. The smallest absolute Gasteiger partial charge is 0.340 e. The van der Waals surface area contributed by atoms with Crippen LogP contribution in [-0.2, 0) is 9.53 Å². The lowest BCUT2D eigenvalue weighted by atomic mass is 10.1. The summed E-state index contributed by atoms with van der Waals surface area (Å²) in [5.74, 6) is -1.02. The molecular formula is C22H20N2O5S. The number of thiophene rings is 1. The van der Waals surface area contributed by atoms with Crippen LogP contribution in [0.25, 0.3) is 0 Å². The van der Waals surface area contributed by atoms with Gasteiger partial charge in [0, 0.05) is 0 Å². The lowest BCUT2D eigenvalue weighted by Gasteiger charge is -2.12. The standard InChI is InChI=1S/C22H20N2O5S/c1-2-28-18-11-6-5-10-17(18)23-20(25)14-29-22(27)15-8-3-4-9-16(15)24-21(26)19-12-7-13-30-19/h3-13H,2,14H2,1H3,(H,23,25)(H,24,26). The second kappa shape index (κ2) is 10.2. The van der Waals surface area contributed by atoms with Gasteiger partial charge in [-0.1, -0.05) is 30.3 Å². The minimum absolute atomic E-state index is 0.157. The summed E-state index contributed by atoms with van der Waals surface area (Å²) in [4.78, 5) is 37.5. The summed E-state index contributed by atoms with van der Waals surface area (Å²) in [6, 6.07) is 16.9. The maximum absolute atomic E-state index is 12.5. The molecule has 2 amide bonds. The highest BCUT2D eigenvalue weighted by molar-refractivity contribution is 7.12. The number of carbonyl (C=O) groups excluding carboxylic acids is 3. The number of ether oxygens (including phenoxy) is 2. The van der Waals surface area contributed by atoms with Crippen molar-refractivity contribution in [2.45, 2.75) is 6.92 Å². The van der Waals surface area contributed by atoms with Gasteiger partial charge in [-0.25, -0.2) is 4.79 Å².